The van der Waals surface area contributed by atoms with Crippen LogP contribution in [0.1, 0.15) is 36.4 Å². The van der Waals surface area contributed by atoms with Crippen LogP contribution in [0.4, 0.5) is 15.9 Å². The van der Waals surface area contributed by atoms with Gasteiger partial charge >= 0.3 is 0 Å². The average Bonchev–Trinajstić information content (AvgIpc) is 3.24. The first-order chi connectivity index (χ1) is 17.7. The highest BCUT2D eigenvalue weighted by atomic mass is 19.1. The third-order valence-corrected chi connectivity index (χ3v) is 7.04. The lowest BCUT2D eigenvalue weighted by molar-refractivity contribution is -0.142. The molecule has 0 unspecified atom stereocenters. The summed E-state index contributed by atoms with van der Waals surface area (Å²) < 4.78 is 15.8. The van der Waals surface area contributed by atoms with Gasteiger partial charge in [0.1, 0.15) is 23.2 Å². The van der Waals surface area contributed by atoms with E-state index in [2.05, 4.69) is 60.1 Å². The quantitative estimate of drug-likeness (QED) is 0.325. The van der Waals surface area contributed by atoms with Crippen LogP contribution in [0.15, 0.2) is 72.8 Å². The van der Waals surface area contributed by atoms with Crippen LogP contribution in [0, 0.1) is 25.1 Å². The minimum atomic E-state index is -0.535. The first kappa shape index (κ1) is 24.8. The molecule has 2 heterocycles. The summed E-state index contributed by atoms with van der Waals surface area (Å²) in [7, 11) is 0. The molecule has 4 aromatic rings. The molecule has 5 rings (SSSR count). The van der Waals surface area contributed by atoms with Crippen molar-refractivity contribution in [1.29, 1.82) is 0 Å². The van der Waals surface area contributed by atoms with Gasteiger partial charge in [-0.1, -0.05) is 61.4 Å². The Kier molecular flexibility index (Phi) is 6.59. The second-order valence-corrected chi connectivity index (χ2v) is 10.6. The molecule has 3 aromatic carbocycles. The summed E-state index contributed by atoms with van der Waals surface area (Å²) in [5.41, 5.74) is 5.55. The third-order valence-electron chi connectivity index (χ3n) is 7.04. The monoisotopic (exact) mass is 496 g/mol. The molecule has 0 fully saturated rings. The molecule has 1 aliphatic heterocycles. The average molecular weight is 497 g/mol. The maximum Gasteiger partial charge on any atom is 0.229 e. The van der Waals surface area contributed by atoms with Gasteiger partial charge in [0.05, 0.1) is 6.54 Å². The number of nitrogens with one attached hydrogen (secondary N) is 1. The number of carbonyl (C=O) groups is 1. The fourth-order valence-corrected chi connectivity index (χ4v) is 4.93. The first-order valence-corrected chi connectivity index (χ1v) is 12.7. The highest BCUT2D eigenvalue weighted by molar-refractivity contribution is 5.83. The maximum atomic E-state index is 13.7. The Bertz CT molecular complexity index is 1400. The number of fused-ring (bicyclic) bond motifs is 1. The van der Waals surface area contributed by atoms with Crippen molar-refractivity contribution < 1.29 is 9.18 Å². The molecular weight excluding hydrogens is 463 g/mol. The van der Waals surface area contributed by atoms with Crippen LogP contribution in [0.2, 0.25) is 0 Å². The Hall–Kier alpha value is -3.93. The van der Waals surface area contributed by atoms with Gasteiger partial charge in [0, 0.05) is 29.8 Å². The largest absolute Gasteiger partial charge is 0.340 e. The fourth-order valence-electron chi connectivity index (χ4n) is 4.93. The lowest BCUT2D eigenvalue weighted by Crippen LogP contribution is -2.45. The second kappa shape index (κ2) is 9.85. The van der Waals surface area contributed by atoms with Gasteiger partial charge in [-0.25, -0.2) is 9.37 Å². The van der Waals surface area contributed by atoms with E-state index in [0.717, 1.165) is 34.2 Å². The van der Waals surface area contributed by atoms with Crippen molar-refractivity contribution in [2.45, 2.75) is 47.2 Å². The Morgan fingerprint density at radius 3 is 2.19 bits per heavy atom. The Morgan fingerprint density at radius 2 is 1.54 bits per heavy atom. The van der Waals surface area contributed by atoms with E-state index in [0.29, 0.717) is 26.1 Å². The zero-order valence-electron chi connectivity index (χ0n) is 21.9. The molecule has 0 atom stereocenters. The topological polar surface area (TPSA) is 50.2 Å². The van der Waals surface area contributed by atoms with Crippen molar-refractivity contribution in [1.82, 2.24) is 14.5 Å². The zero-order chi connectivity index (χ0) is 26.2. The predicted octanol–water partition coefficient (Wildman–Crippen LogP) is 6.66. The summed E-state index contributed by atoms with van der Waals surface area (Å²) >= 11 is 0. The number of halogens is 1. The summed E-state index contributed by atoms with van der Waals surface area (Å²) in [6.45, 7) is 9.82. The van der Waals surface area contributed by atoms with E-state index >= 15 is 0 Å². The van der Waals surface area contributed by atoms with Gasteiger partial charge in [-0.15, -0.1) is 0 Å². The molecule has 6 heteroatoms. The number of nitrogens with zero attached hydrogens (tertiary/aromatic N) is 3. The van der Waals surface area contributed by atoms with Gasteiger partial charge < -0.3 is 14.8 Å². The number of carbonyl (C=O) groups excluding carboxylic acids is 1. The van der Waals surface area contributed by atoms with Gasteiger partial charge in [-0.2, -0.15) is 0 Å². The molecular formula is C31H33FN4O. The standard InChI is InChI=1S/C31H33FN4O/c1-21-5-9-23(10-6-21)19-31(3,4)30(37)35-17-18-36-27(20-35)34-28(24-11-13-25(32)14-12-24)29(36)33-26-15-7-22(2)8-16-26/h5-16,33H,17-20H2,1-4H3. The summed E-state index contributed by atoms with van der Waals surface area (Å²) in [6.07, 6.45) is 0.679. The smallest absolute Gasteiger partial charge is 0.229 e. The Morgan fingerprint density at radius 1 is 0.919 bits per heavy atom. The summed E-state index contributed by atoms with van der Waals surface area (Å²) in [4.78, 5) is 20.5. The molecule has 5 nitrogen and oxygen atoms in total. The lowest BCUT2D eigenvalue weighted by atomic mass is 9.84. The molecule has 0 saturated carbocycles. The molecule has 1 amide bonds. The van der Waals surface area contributed by atoms with Gasteiger partial charge in [0.15, 0.2) is 0 Å². The van der Waals surface area contributed by atoms with Crippen molar-refractivity contribution in [2.24, 2.45) is 5.41 Å². The highest BCUT2D eigenvalue weighted by Gasteiger charge is 2.35. The predicted molar refractivity (Wildman–Crippen MR) is 146 cm³/mol. The second-order valence-electron chi connectivity index (χ2n) is 10.6. The number of hydrogen-bond donors (Lipinski definition) is 1. The van der Waals surface area contributed by atoms with Crippen LogP contribution in [-0.4, -0.2) is 26.9 Å². The zero-order valence-corrected chi connectivity index (χ0v) is 21.9. The van der Waals surface area contributed by atoms with Crippen LogP contribution in [0.5, 0.6) is 0 Å². The molecule has 1 N–H and O–H groups in total. The first-order valence-electron chi connectivity index (χ1n) is 12.7. The molecule has 37 heavy (non-hydrogen) atoms. The number of aryl methyl sites for hydroxylation is 2. The van der Waals surface area contributed by atoms with E-state index in [9.17, 15) is 9.18 Å². The van der Waals surface area contributed by atoms with Gasteiger partial charge in [0.2, 0.25) is 5.91 Å². The maximum absolute atomic E-state index is 13.7. The molecule has 0 spiro atoms. The fraction of sp³-hybridized carbons (Fsp3) is 0.290. The molecule has 0 aliphatic carbocycles. The molecule has 0 radical (unpaired) electrons. The number of amides is 1. The summed E-state index contributed by atoms with van der Waals surface area (Å²) in [5.74, 6) is 1.52. The summed E-state index contributed by atoms with van der Waals surface area (Å²) in [5, 5.41) is 3.54. The van der Waals surface area contributed by atoms with E-state index < -0.39 is 5.41 Å². The minimum absolute atomic E-state index is 0.124. The number of aromatic nitrogens is 2. The number of benzene rings is 3. The number of imidazole rings is 1. The minimum Gasteiger partial charge on any atom is -0.340 e. The normalized spacial score (nSPS) is 13.4. The van der Waals surface area contributed by atoms with Crippen molar-refractivity contribution in [3.8, 4) is 11.3 Å². The molecule has 1 aromatic heterocycles. The Balaban J connectivity index is 1.43. The van der Waals surface area contributed by atoms with Crippen LogP contribution in [0.25, 0.3) is 11.3 Å². The molecule has 0 saturated heterocycles. The van der Waals surface area contributed by atoms with Crippen molar-refractivity contribution in [2.75, 3.05) is 11.9 Å². The van der Waals surface area contributed by atoms with Gasteiger partial charge in [-0.05, 0) is 62.2 Å². The van der Waals surface area contributed by atoms with Gasteiger partial charge in [0.25, 0.3) is 0 Å². The van der Waals surface area contributed by atoms with E-state index in [1.807, 2.05) is 30.9 Å². The van der Waals surface area contributed by atoms with Crippen LogP contribution in [0.3, 0.4) is 0 Å². The van der Waals surface area contributed by atoms with Crippen LogP contribution >= 0.6 is 0 Å². The SMILES string of the molecule is Cc1ccc(CC(C)(C)C(=O)N2CCn3c(nc(-c4ccc(F)cc4)c3Nc3ccc(C)cc3)C2)cc1. The van der Waals surface area contributed by atoms with E-state index in [4.69, 9.17) is 4.98 Å². The van der Waals surface area contributed by atoms with Crippen molar-refractivity contribution >= 4 is 17.4 Å². The van der Waals surface area contributed by atoms with Crippen LogP contribution < -0.4 is 5.32 Å². The van der Waals surface area contributed by atoms with E-state index in [1.165, 1.54) is 23.3 Å². The molecule has 190 valence electrons. The van der Waals surface area contributed by atoms with Gasteiger partial charge in [-0.3, -0.25) is 4.79 Å². The van der Waals surface area contributed by atoms with E-state index in [-0.39, 0.29) is 11.7 Å². The number of hydrogen-bond acceptors (Lipinski definition) is 3. The van der Waals surface area contributed by atoms with Crippen molar-refractivity contribution in [3.63, 3.8) is 0 Å². The third kappa shape index (κ3) is 5.29. The molecule has 0 bridgehead atoms. The van der Waals surface area contributed by atoms with E-state index in [1.54, 1.807) is 12.1 Å². The van der Waals surface area contributed by atoms with Crippen molar-refractivity contribution in [3.05, 3.63) is 101 Å². The number of rotatable bonds is 6. The Labute approximate surface area is 218 Å². The highest BCUT2D eigenvalue weighted by Crippen LogP contribution is 2.35. The summed E-state index contributed by atoms with van der Waals surface area (Å²) in [6, 6.07) is 23.0. The van der Waals surface area contributed by atoms with Crippen LogP contribution in [-0.2, 0) is 24.3 Å². The lowest BCUT2D eigenvalue weighted by Gasteiger charge is -2.35. The molecule has 1 aliphatic rings. The number of anilines is 2.